The lowest BCUT2D eigenvalue weighted by molar-refractivity contribution is -0.128. The first kappa shape index (κ1) is 15.3. The molecule has 1 aliphatic heterocycles. The fourth-order valence-electron chi connectivity index (χ4n) is 2.91. The number of thiazole rings is 1. The molecule has 124 valence electrons. The highest BCUT2D eigenvalue weighted by atomic mass is 32.1. The second-order valence-corrected chi connectivity index (χ2v) is 7.20. The zero-order valence-corrected chi connectivity index (χ0v) is 14.0. The summed E-state index contributed by atoms with van der Waals surface area (Å²) in [5.74, 6) is 0.130. The van der Waals surface area contributed by atoms with Gasteiger partial charge in [0.2, 0.25) is 11.8 Å². The first-order chi connectivity index (χ1) is 11.7. The van der Waals surface area contributed by atoms with Crippen molar-refractivity contribution in [1.82, 2.24) is 14.9 Å². The molecule has 24 heavy (non-hydrogen) atoms. The summed E-state index contributed by atoms with van der Waals surface area (Å²) in [6, 6.07) is 5.62. The van der Waals surface area contributed by atoms with Crippen LogP contribution in [0.25, 0.3) is 0 Å². The van der Waals surface area contributed by atoms with Gasteiger partial charge in [-0.3, -0.25) is 14.6 Å². The van der Waals surface area contributed by atoms with Crippen molar-refractivity contribution in [2.24, 2.45) is 5.92 Å². The zero-order valence-electron chi connectivity index (χ0n) is 13.1. The monoisotopic (exact) mass is 342 g/mol. The van der Waals surface area contributed by atoms with Crippen LogP contribution >= 0.6 is 11.3 Å². The molecule has 1 N–H and O–H groups in total. The molecule has 1 aliphatic carbocycles. The molecule has 0 unspecified atom stereocenters. The molecule has 0 bridgehead atoms. The topological polar surface area (TPSA) is 75.2 Å². The third kappa shape index (κ3) is 3.31. The second kappa shape index (κ2) is 6.32. The van der Waals surface area contributed by atoms with Crippen molar-refractivity contribution in [1.29, 1.82) is 0 Å². The minimum atomic E-state index is -0.325. The summed E-state index contributed by atoms with van der Waals surface area (Å²) in [5, 5.41) is 5.52. The van der Waals surface area contributed by atoms with Gasteiger partial charge in [0, 0.05) is 30.5 Å². The molecule has 0 spiro atoms. The number of carbonyl (C=O) groups excluding carboxylic acids is 2. The quantitative estimate of drug-likeness (QED) is 0.905. The van der Waals surface area contributed by atoms with Crippen LogP contribution in [-0.2, 0) is 16.1 Å². The van der Waals surface area contributed by atoms with Crippen LogP contribution in [0, 0.1) is 5.92 Å². The summed E-state index contributed by atoms with van der Waals surface area (Å²) in [6.07, 6.45) is 4.34. The van der Waals surface area contributed by atoms with Crippen molar-refractivity contribution >= 4 is 28.3 Å². The maximum absolute atomic E-state index is 12.4. The van der Waals surface area contributed by atoms with E-state index < -0.39 is 0 Å². The number of nitrogens with zero attached hydrogens (tertiary/aromatic N) is 3. The first-order valence-electron chi connectivity index (χ1n) is 8.13. The number of pyridine rings is 1. The predicted molar refractivity (Wildman–Crippen MR) is 90.5 cm³/mol. The molecule has 7 heteroatoms. The van der Waals surface area contributed by atoms with Crippen molar-refractivity contribution in [3.63, 3.8) is 0 Å². The van der Waals surface area contributed by atoms with Crippen LogP contribution in [0.5, 0.6) is 0 Å². The number of anilines is 1. The molecule has 1 atom stereocenters. The Kier molecular flexibility index (Phi) is 4.02. The Labute approximate surface area is 143 Å². The van der Waals surface area contributed by atoms with E-state index in [0.29, 0.717) is 24.1 Å². The van der Waals surface area contributed by atoms with Gasteiger partial charge in [0.25, 0.3) is 0 Å². The van der Waals surface area contributed by atoms with Crippen LogP contribution in [0.1, 0.15) is 36.6 Å². The number of hydrogen-bond acceptors (Lipinski definition) is 5. The molecule has 4 rings (SSSR count). The molecule has 1 saturated carbocycles. The molecule has 0 aromatic carbocycles. The Bertz CT molecular complexity index is 757. The molecule has 0 radical (unpaired) electrons. The predicted octanol–water partition coefficient (Wildman–Crippen LogP) is 2.40. The van der Waals surface area contributed by atoms with Gasteiger partial charge in [-0.15, -0.1) is 11.3 Å². The van der Waals surface area contributed by atoms with E-state index in [1.54, 1.807) is 11.1 Å². The maximum atomic E-state index is 12.4. The van der Waals surface area contributed by atoms with Crippen LogP contribution < -0.4 is 5.32 Å². The molecule has 1 saturated heterocycles. The number of amides is 2. The molecule has 2 fully saturated rings. The number of aromatic nitrogens is 2. The molecular formula is C17H18N4O2S. The van der Waals surface area contributed by atoms with Crippen molar-refractivity contribution < 1.29 is 9.59 Å². The Morgan fingerprint density at radius 2 is 2.25 bits per heavy atom. The van der Waals surface area contributed by atoms with E-state index in [-0.39, 0.29) is 24.2 Å². The fourth-order valence-corrected chi connectivity index (χ4v) is 3.70. The Balaban J connectivity index is 1.35. The fraction of sp³-hybridized carbons (Fsp3) is 0.412. The van der Waals surface area contributed by atoms with Crippen molar-refractivity contribution in [2.75, 3.05) is 11.9 Å². The average molecular weight is 342 g/mol. The lowest BCUT2D eigenvalue weighted by Crippen LogP contribution is -2.28. The second-order valence-electron chi connectivity index (χ2n) is 6.34. The number of rotatable bonds is 5. The highest BCUT2D eigenvalue weighted by Crippen LogP contribution is 2.41. The molecule has 2 aliphatic rings. The van der Waals surface area contributed by atoms with Crippen LogP contribution in [0.3, 0.4) is 0 Å². The van der Waals surface area contributed by atoms with Gasteiger partial charge < -0.3 is 10.2 Å². The lowest BCUT2D eigenvalue weighted by Gasteiger charge is -2.15. The summed E-state index contributed by atoms with van der Waals surface area (Å²) >= 11 is 1.46. The summed E-state index contributed by atoms with van der Waals surface area (Å²) in [4.78, 5) is 35.0. The SMILES string of the molecule is O=C(Nc1nc(C2CC2)cs1)[C@H]1CC(=O)N(Cc2ccccn2)C1. The van der Waals surface area contributed by atoms with E-state index in [2.05, 4.69) is 15.3 Å². The summed E-state index contributed by atoms with van der Waals surface area (Å²) in [6.45, 7) is 0.884. The highest BCUT2D eigenvalue weighted by Gasteiger charge is 2.35. The lowest BCUT2D eigenvalue weighted by atomic mass is 10.1. The standard InChI is InChI=1S/C17H18N4O2S/c22-15-7-12(8-21(15)9-13-3-1-2-6-18-13)16(23)20-17-19-14(10-24-17)11-4-5-11/h1-3,6,10-12H,4-5,7-9H2,(H,19,20,23)/t12-/m0/s1. The highest BCUT2D eigenvalue weighted by molar-refractivity contribution is 7.13. The van der Waals surface area contributed by atoms with Crippen LogP contribution in [-0.4, -0.2) is 33.2 Å². The molecule has 3 heterocycles. The average Bonchev–Trinajstić information content (AvgIpc) is 3.23. The Morgan fingerprint density at radius 1 is 1.38 bits per heavy atom. The normalized spacial score (nSPS) is 20.4. The van der Waals surface area contributed by atoms with Gasteiger partial charge in [-0.25, -0.2) is 4.98 Å². The Morgan fingerprint density at radius 3 is 3.00 bits per heavy atom. The van der Waals surface area contributed by atoms with Gasteiger partial charge in [0.15, 0.2) is 5.13 Å². The van der Waals surface area contributed by atoms with Crippen molar-refractivity contribution in [3.05, 3.63) is 41.2 Å². The van der Waals surface area contributed by atoms with Gasteiger partial charge in [0.05, 0.1) is 23.9 Å². The number of carbonyl (C=O) groups is 2. The molecule has 2 aromatic heterocycles. The van der Waals surface area contributed by atoms with Crippen LogP contribution in [0.15, 0.2) is 29.8 Å². The van der Waals surface area contributed by atoms with Crippen molar-refractivity contribution in [3.8, 4) is 0 Å². The van der Waals surface area contributed by atoms with Crippen molar-refractivity contribution in [2.45, 2.75) is 31.7 Å². The Hall–Kier alpha value is -2.28. The zero-order chi connectivity index (χ0) is 16.5. The largest absolute Gasteiger partial charge is 0.336 e. The van der Waals surface area contributed by atoms with E-state index in [4.69, 9.17) is 0 Å². The van der Waals surface area contributed by atoms with Gasteiger partial charge in [-0.05, 0) is 25.0 Å². The number of hydrogen-bond donors (Lipinski definition) is 1. The van der Waals surface area contributed by atoms with E-state index in [1.807, 2.05) is 23.6 Å². The minimum Gasteiger partial charge on any atom is -0.336 e. The van der Waals surface area contributed by atoms with Gasteiger partial charge in [-0.2, -0.15) is 0 Å². The molecule has 2 amide bonds. The summed E-state index contributed by atoms with van der Waals surface area (Å²) in [7, 11) is 0. The smallest absolute Gasteiger partial charge is 0.231 e. The maximum Gasteiger partial charge on any atom is 0.231 e. The molecule has 2 aromatic rings. The van der Waals surface area contributed by atoms with E-state index >= 15 is 0 Å². The third-order valence-corrected chi connectivity index (χ3v) is 5.19. The number of likely N-dealkylation sites (tertiary alicyclic amines) is 1. The van der Waals surface area contributed by atoms with Gasteiger partial charge >= 0.3 is 0 Å². The first-order valence-corrected chi connectivity index (χ1v) is 9.01. The van der Waals surface area contributed by atoms with Crippen LogP contribution in [0.4, 0.5) is 5.13 Å². The van der Waals surface area contributed by atoms with E-state index in [1.165, 1.54) is 24.2 Å². The summed E-state index contributed by atoms with van der Waals surface area (Å²) in [5.41, 5.74) is 1.91. The van der Waals surface area contributed by atoms with Crippen LogP contribution in [0.2, 0.25) is 0 Å². The van der Waals surface area contributed by atoms with Gasteiger partial charge in [-0.1, -0.05) is 6.07 Å². The minimum absolute atomic E-state index is 0.00129. The number of nitrogens with one attached hydrogen (secondary N) is 1. The van der Waals surface area contributed by atoms with Gasteiger partial charge in [0.1, 0.15) is 0 Å². The molecular weight excluding hydrogens is 324 g/mol. The molecule has 6 nitrogen and oxygen atoms in total. The summed E-state index contributed by atoms with van der Waals surface area (Å²) < 4.78 is 0. The van der Waals surface area contributed by atoms with E-state index in [9.17, 15) is 9.59 Å². The van der Waals surface area contributed by atoms with E-state index in [0.717, 1.165) is 11.4 Å². The third-order valence-electron chi connectivity index (χ3n) is 4.41.